The van der Waals surface area contributed by atoms with Crippen LogP contribution in [0.1, 0.15) is 5.56 Å². The van der Waals surface area contributed by atoms with Crippen LogP contribution in [0.4, 0.5) is 28.4 Å². The Bertz CT molecular complexity index is 1960. The molecule has 0 amide bonds. The van der Waals surface area contributed by atoms with Crippen molar-refractivity contribution >= 4 is 56.3 Å². The van der Waals surface area contributed by atoms with Gasteiger partial charge in [0, 0.05) is 44.9 Å². The van der Waals surface area contributed by atoms with E-state index in [1.807, 2.05) is 24.3 Å². The van der Waals surface area contributed by atoms with Crippen LogP contribution in [-0.2, 0) is 0 Å². The summed E-state index contributed by atoms with van der Waals surface area (Å²) in [5, 5.41) is 6.01. The summed E-state index contributed by atoms with van der Waals surface area (Å²) in [5.41, 5.74) is 9.96. The minimum atomic E-state index is 1.05. The number of nitrogens with zero attached hydrogens (tertiary/aromatic N) is 2. The zero-order chi connectivity index (χ0) is 27.6. The molecule has 0 aliphatic carbocycles. The van der Waals surface area contributed by atoms with Crippen LogP contribution in [-0.4, -0.2) is 4.57 Å². The quantitative estimate of drug-likeness (QED) is 0.222. The number of aromatic nitrogens is 1. The van der Waals surface area contributed by atoms with Gasteiger partial charge >= 0.3 is 0 Å². The lowest BCUT2D eigenvalue weighted by Crippen LogP contribution is -2.10. The molecule has 3 nitrogen and oxygen atoms in total. The van der Waals surface area contributed by atoms with Crippen molar-refractivity contribution in [1.29, 1.82) is 0 Å². The van der Waals surface area contributed by atoms with E-state index in [0.29, 0.717) is 0 Å². The molecule has 0 fully saturated rings. The van der Waals surface area contributed by atoms with Crippen molar-refractivity contribution in [2.45, 2.75) is 0 Å². The third-order valence-corrected chi connectivity index (χ3v) is 7.49. The Labute approximate surface area is 240 Å². The Morgan fingerprint density at radius 1 is 0.512 bits per heavy atom. The van der Waals surface area contributed by atoms with Gasteiger partial charge in [-0.2, -0.15) is 0 Å². The molecular formula is C38H29N3. The fourth-order valence-corrected chi connectivity index (χ4v) is 5.55. The number of anilines is 5. The normalized spacial score (nSPS) is 11.0. The fourth-order valence-electron chi connectivity index (χ4n) is 5.55. The minimum absolute atomic E-state index is 1.05. The van der Waals surface area contributed by atoms with Gasteiger partial charge in [0.2, 0.25) is 0 Å². The average molecular weight is 528 g/mol. The first-order valence-electron chi connectivity index (χ1n) is 13.8. The van der Waals surface area contributed by atoms with Gasteiger partial charge in [-0.05, 0) is 78.4 Å². The van der Waals surface area contributed by atoms with E-state index in [1.165, 1.54) is 10.8 Å². The maximum atomic E-state index is 3.92. The van der Waals surface area contributed by atoms with Gasteiger partial charge in [0.15, 0.2) is 0 Å². The van der Waals surface area contributed by atoms with Gasteiger partial charge in [-0.15, -0.1) is 0 Å². The second-order valence-corrected chi connectivity index (χ2v) is 10.1. The number of hydrogen-bond acceptors (Lipinski definition) is 2. The Balaban J connectivity index is 1.44. The van der Waals surface area contributed by atoms with Gasteiger partial charge in [-0.1, -0.05) is 91.5 Å². The van der Waals surface area contributed by atoms with Crippen molar-refractivity contribution in [3.8, 4) is 5.69 Å². The van der Waals surface area contributed by atoms with Gasteiger partial charge in [0.05, 0.1) is 11.0 Å². The molecule has 6 aromatic carbocycles. The van der Waals surface area contributed by atoms with Crippen molar-refractivity contribution in [3.05, 3.63) is 164 Å². The number of fused-ring (bicyclic) bond motifs is 3. The van der Waals surface area contributed by atoms with Crippen molar-refractivity contribution < 1.29 is 0 Å². The molecule has 0 saturated carbocycles. The van der Waals surface area contributed by atoms with Crippen LogP contribution >= 0.6 is 0 Å². The third kappa shape index (κ3) is 4.64. The van der Waals surface area contributed by atoms with Crippen LogP contribution in [0.5, 0.6) is 0 Å². The molecule has 41 heavy (non-hydrogen) atoms. The van der Waals surface area contributed by atoms with Crippen molar-refractivity contribution in [2.75, 3.05) is 10.2 Å². The Morgan fingerprint density at radius 2 is 1.07 bits per heavy atom. The summed E-state index contributed by atoms with van der Waals surface area (Å²) >= 11 is 0. The van der Waals surface area contributed by atoms with Crippen LogP contribution in [0, 0.1) is 0 Å². The van der Waals surface area contributed by atoms with Crippen molar-refractivity contribution in [3.63, 3.8) is 0 Å². The lowest BCUT2D eigenvalue weighted by molar-refractivity contribution is 1.18. The van der Waals surface area contributed by atoms with Gasteiger partial charge in [-0.25, -0.2) is 0 Å². The van der Waals surface area contributed by atoms with Crippen molar-refractivity contribution in [1.82, 2.24) is 4.57 Å². The summed E-state index contributed by atoms with van der Waals surface area (Å²) in [4.78, 5) is 2.31. The van der Waals surface area contributed by atoms with E-state index >= 15 is 0 Å². The SMILES string of the molecule is C=Cc1ccc(N(c2ccccc2)c2ccc3c4ccc(Nc5ccccc5)cc4n(-c4ccccc4)c3c2)cc1. The van der Waals surface area contributed by atoms with E-state index in [1.54, 1.807) is 0 Å². The molecule has 0 atom stereocenters. The number of rotatable bonds is 7. The summed E-state index contributed by atoms with van der Waals surface area (Å²) in [6.07, 6.45) is 1.88. The first kappa shape index (κ1) is 24.5. The topological polar surface area (TPSA) is 20.2 Å². The van der Waals surface area contributed by atoms with Crippen LogP contribution in [0.15, 0.2) is 158 Å². The van der Waals surface area contributed by atoms with Crippen LogP contribution in [0.2, 0.25) is 0 Å². The maximum absolute atomic E-state index is 3.92. The molecule has 196 valence electrons. The van der Waals surface area contributed by atoms with E-state index in [4.69, 9.17) is 0 Å². The molecule has 7 rings (SSSR count). The van der Waals surface area contributed by atoms with E-state index in [9.17, 15) is 0 Å². The minimum Gasteiger partial charge on any atom is -0.355 e. The molecule has 1 aromatic heterocycles. The zero-order valence-electron chi connectivity index (χ0n) is 22.6. The predicted octanol–water partition coefficient (Wildman–Crippen LogP) is 10.6. The molecular weight excluding hydrogens is 498 g/mol. The maximum Gasteiger partial charge on any atom is 0.0561 e. The van der Waals surface area contributed by atoms with Gasteiger partial charge in [0.1, 0.15) is 0 Å². The van der Waals surface area contributed by atoms with E-state index in [-0.39, 0.29) is 0 Å². The van der Waals surface area contributed by atoms with E-state index in [0.717, 1.165) is 50.7 Å². The molecule has 1 heterocycles. The zero-order valence-corrected chi connectivity index (χ0v) is 22.6. The molecule has 0 radical (unpaired) electrons. The third-order valence-electron chi connectivity index (χ3n) is 7.49. The average Bonchev–Trinajstić information content (AvgIpc) is 3.36. The number of hydrogen-bond donors (Lipinski definition) is 1. The highest BCUT2D eigenvalue weighted by Gasteiger charge is 2.17. The van der Waals surface area contributed by atoms with Gasteiger partial charge in [0.25, 0.3) is 0 Å². The first-order chi connectivity index (χ1) is 20.3. The van der Waals surface area contributed by atoms with Crippen LogP contribution in [0.3, 0.4) is 0 Å². The van der Waals surface area contributed by atoms with E-state index < -0.39 is 0 Å². The molecule has 3 heteroatoms. The highest BCUT2D eigenvalue weighted by Crippen LogP contribution is 2.40. The Morgan fingerprint density at radius 3 is 1.76 bits per heavy atom. The molecule has 0 aliphatic heterocycles. The number of benzene rings is 6. The molecule has 1 N–H and O–H groups in total. The van der Waals surface area contributed by atoms with Crippen molar-refractivity contribution in [2.24, 2.45) is 0 Å². The second kappa shape index (κ2) is 10.6. The lowest BCUT2D eigenvalue weighted by atomic mass is 10.1. The summed E-state index contributed by atoms with van der Waals surface area (Å²) in [5.74, 6) is 0. The van der Waals surface area contributed by atoms with Crippen LogP contribution < -0.4 is 10.2 Å². The lowest BCUT2D eigenvalue weighted by Gasteiger charge is -2.26. The second-order valence-electron chi connectivity index (χ2n) is 10.1. The van der Waals surface area contributed by atoms with Gasteiger partial charge < -0.3 is 14.8 Å². The Hall–Kier alpha value is -5.54. The molecule has 0 aliphatic rings. The Kier molecular flexibility index (Phi) is 6.31. The fraction of sp³-hybridized carbons (Fsp3) is 0. The summed E-state index contributed by atoms with van der Waals surface area (Å²) in [6, 6.07) is 53.4. The largest absolute Gasteiger partial charge is 0.355 e. The highest BCUT2D eigenvalue weighted by atomic mass is 15.1. The van der Waals surface area contributed by atoms with Crippen LogP contribution in [0.25, 0.3) is 33.6 Å². The molecule has 7 aromatic rings. The smallest absolute Gasteiger partial charge is 0.0561 e. The standard InChI is InChI=1S/C38H29N3/c1-2-28-18-21-33(22-19-28)40(31-14-8-4-9-15-31)34-23-25-36-35-24-20-30(39-29-12-6-3-7-13-29)26-37(35)41(38(36)27-34)32-16-10-5-11-17-32/h2-27,39H,1H2. The first-order valence-corrected chi connectivity index (χ1v) is 13.8. The molecule has 0 spiro atoms. The summed E-state index contributed by atoms with van der Waals surface area (Å²) in [7, 11) is 0. The van der Waals surface area contributed by atoms with Gasteiger partial charge in [-0.3, -0.25) is 0 Å². The summed E-state index contributed by atoms with van der Waals surface area (Å²) < 4.78 is 2.37. The monoisotopic (exact) mass is 527 g/mol. The highest BCUT2D eigenvalue weighted by molar-refractivity contribution is 6.11. The number of nitrogens with one attached hydrogen (secondary N) is 1. The summed E-state index contributed by atoms with van der Waals surface area (Å²) in [6.45, 7) is 3.92. The molecule has 0 saturated heterocycles. The molecule has 0 unspecified atom stereocenters. The molecule has 0 bridgehead atoms. The van der Waals surface area contributed by atoms with E-state index in [2.05, 4.69) is 155 Å². The predicted molar refractivity (Wildman–Crippen MR) is 175 cm³/mol. The number of para-hydroxylation sites is 3.